The average molecular weight is 392 g/mol. The zero-order valence-corrected chi connectivity index (χ0v) is 15.7. The van der Waals surface area contributed by atoms with Crippen LogP contribution in [0.2, 0.25) is 0 Å². The first-order valence-corrected chi connectivity index (χ1v) is 9.75. The number of hydrogen-bond acceptors (Lipinski definition) is 0. The third-order valence-corrected chi connectivity index (χ3v) is 5.24. The fraction of sp³-hybridized carbons (Fsp3) is 0.381. The Morgan fingerprint density at radius 3 is 1.54 bits per heavy atom. The summed E-state index contributed by atoms with van der Waals surface area (Å²) in [6.45, 7) is 2.42. The molecular weight excluding hydrogens is 367 g/mol. The Balaban J connectivity index is 0.000000403. The van der Waals surface area contributed by atoms with Crippen LogP contribution in [0.3, 0.4) is 0 Å². The number of halogens is 4. The highest BCUT2D eigenvalue weighted by Gasteiger charge is 2.39. The third kappa shape index (κ3) is 5.84. The van der Waals surface area contributed by atoms with Gasteiger partial charge in [-0.15, -0.1) is 0 Å². The van der Waals surface area contributed by atoms with Crippen LogP contribution in [0.5, 0.6) is 0 Å². The van der Waals surface area contributed by atoms with Gasteiger partial charge in [-0.3, -0.25) is 9.48 Å². The zero-order chi connectivity index (χ0) is 20.0. The number of likely N-dealkylation sites (tertiary alicyclic amines) is 1. The maximum absolute atomic E-state index is 9.75. The van der Waals surface area contributed by atoms with E-state index in [4.69, 9.17) is 0 Å². The Morgan fingerprint density at radius 2 is 1.14 bits per heavy atom. The summed E-state index contributed by atoms with van der Waals surface area (Å²) in [5.41, 5.74) is 2.89. The molecule has 2 unspecified atom stereocenters. The van der Waals surface area contributed by atoms with E-state index >= 15 is 0 Å². The van der Waals surface area contributed by atoms with Crippen molar-refractivity contribution in [3.63, 3.8) is 0 Å². The van der Waals surface area contributed by atoms with Crippen LogP contribution in [0.15, 0.2) is 60.7 Å². The number of hydrogen-bond donors (Lipinski definition) is 0. The Morgan fingerprint density at radius 1 is 0.750 bits per heavy atom. The van der Waals surface area contributed by atoms with Gasteiger partial charge in [-0.05, 0) is 36.8 Å². The normalized spacial score (nSPS) is 22.0. The topological polar surface area (TPSA) is 6.25 Å². The Bertz CT molecular complexity index is 703. The van der Waals surface area contributed by atoms with Crippen molar-refractivity contribution in [3.8, 4) is 0 Å². The second kappa shape index (κ2) is 9.26. The molecule has 2 atom stereocenters. The van der Waals surface area contributed by atoms with E-state index in [-0.39, 0.29) is 0 Å². The molecule has 2 aliphatic rings. The van der Waals surface area contributed by atoms with Crippen molar-refractivity contribution in [3.05, 3.63) is 71.8 Å². The van der Waals surface area contributed by atoms with Crippen LogP contribution in [0.4, 0.5) is 17.3 Å². The van der Waals surface area contributed by atoms with Crippen molar-refractivity contribution < 1.29 is 21.8 Å². The van der Waals surface area contributed by atoms with E-state index in [1.54, 1.807) is 0 Å². The van der Waals surface area contributed by atoms with Gasteiger partial charge in [0.1, 0.15) is 12.1 Å². The first-order chi connectivity index (χ1) is 13.4. The molecule has 0 radical (unpaired) electrons. The SMILES string of the molecule is C(N1C(c2ccccc2)CCC1c1ccccc1)=[N+]1CCCC1.F[B-](F)(F)F. The number of benzene rings is 2. The van der Waals surface area contributed by atoms with Gasteiger partial charge in [0.05, 0.1) is 13.1 Å². The molecule has 2 heterocycles. The van der Waals surface area contributed by atoms with Crippen LogP contribution >= 0.6 is 0 Å². The van der Waals surface area contributed by atoms with E-state index in [1.165, 1.54) is 49.9 Å². The minimum absolute atomic E-state index is 0.502. The van der Waals surface area contributed by atoms with E-state index in [1.807, 2.05) is 0 Å². The summed E-state index contributed by atoms with van der Waals surface area (Å²) >= 11 is 0. The molecule has 28 heavy (non-hydrogen) atoms. The second-order valence-electron chi connectivity index (χ2n) is 7.23. The third-order valence-electron chi connectivity index (χ3n) is 5.24. The standard InChI is InChI=1S/C21H25N2.BF4/c1-3-9-18(10-4-1)20-13-14-21(19-11-5-2-6-12-19)23(20)17-22-15-7-8-16-22;2-1(3,4)5/h1-6,9-12,17,20-21H,7-8,13-16H2;/q+1;-1. The predicted molar refractivity (Wildman–Crippen MR) is 105 cm³/mol. The molecule has 2 fully saturated rings. The van der Waals surface area contributed by atoms with Gasteiger partial charge in [0, 0.05) is 0 Å². The van der Waals surface area contributed by atoms with Gasteiger partial charge in [-0.25, -0.2) is 0 Å². The quantitative estimate of drug-likeness (QED) is 0.281. The summed E-state index contributed by atoms with van der Waals surface area (Å²) < 4.78 is 41.5. The summed E-state index contributed by atoms with van der Waals surface area (Å²) in [6, 6.07) is 23.0. The van der Waals surface area contributed by atoms with Gasteiger partial charge in [-0.2, -0.15) is 0 Å². The molecule has 2 saturated heterocycles. The van der Waals surface area contributed by atoms with Crippen molar-refractivity contribution in [2.75, 3.05) is 13.1 Å². The van der Waals surface area contributed by atoms with Gasteiger partial charge in [0.15, 0.2) is 0 Å². The fourth-order valence-corrected chi connectivity index (χ4v) is 4.07. The molecule has 0 aliphatic carbocycles. The molecular formula is C21H25BF4N2. The first-order valence-electron chi connectivity index (χ1n) is 9.75. The molecule has 0 amide bonds. The molecule has 4 rings (SSSR count). The van der Waals surface area contributed by atoms with E-state index in [9.17, 15) is 17.3 Å². The minimum Gasteiger partial charge on any atom is -0.418 e. The van der Waals surface area contributed by atoms with Crippen molar-refractivity contribution in [2.45, 2.75) is 37.8 Å². The average Bonchev–Trinajstić information content (AvgIpc) is 3.32. The van der Waals surface area contributed by atoms with Crippen molar-refractivity contribution >= 4 is 13.6 Å². The van der Waals surface area contributed by atoms with Crippen molar-refractivity contribution in [2.24, 2.45) is 0 Å². The minimum atomic E-state index is -6.00. The van der Waals surface area contributed by atoms with E-state index in [2.05, 4.69) is 76.5 Å². The highest BCUT2D eigenvalue weighted by atomic mass is 19.5. The molecule has 2 aromatic carbocycles. The van der Waals surface area contributed by atoms with E-state index < -0.39 is 7.25 Å². The number of nitrogens with zero attached hydrogens (tertiary/aromatic N) is 2. The lowest BCUT2D eigenvalue weighted by atomic mass is 10.0. The maximum Gasteiger partial charge on any atom is 0.673 e. The van der Waals surface area contributed by atoms with Crippen LogP contribution in [-0.2, 0) is 0 Å². The summed E-state index contributed by atoms with van der Waals surface area (Å²) in [4.78, 5) is 2.62. The molecule has 7 heteroatoms. The molecule has 0 aromatic heterocycles. The van der Waals surface area contributed by atoms with Crippen LogP contribution in [0.1, 0.15) is 48.9 Å². The highest BCUT2D eigenvalue weighted by molar-refractivity contribution is 6.50. The van der Waals surface area contributed by atoms with Gasteiger partial charge in [0.25, 0.3) is 0 Å². The molecule has 2 aromatic rings. The summed E-state index contributed by atoms with van der Waals surface area (Å²) in [7, 11) is -6.00. The molecule has 0 spiro atoms. The Hall–Kier alpha value is -2.31. The summed E-state index contributed by atoms with van der Waals surface area (Å²) in [6.07, 6.45) is 7.55. The Kier molecular flexibility index (Phi) is 6.76. The molecule has 2 nitrogen and oxygen atoms in total. The predicted octanol–water partition coefficient (Wildman–Crippen LogP) is 5.70. The lowest BCUT2D eigenvalue weighted by Gasteiger charge is -2.23. The maximum atomic E-state index is 9.75. The van der Waals surface area contributed by atoms with Gasteiger partial charge in [0.2, 0.25) is 6.34 Å². The number of rotatable bonds is 3. The summed E-state index contributed by atoms with van der Waals surface area (Å²) in [5, 5.41) is 0. The highest BCUT2D eigenvalue weighted by Crippen LogP contribution is 2.42. The van der Waals surface area contributed by atoms with Gasteiger partial charge in [-0.1, -0.05) is 60.7 Å². The monoisotopic (exact) mass is 392 g/mol. The van der Waals surface area contributed by atoms with Crippen LogP contribution in [0, 0.1) is 0 Å². The Labute approximate surface area is 163 Å². The van der Waals surface area contributed by atoms with E-state index in [0.717, 1.165) is 0 Å². The van der Waals surface area contributed by atoms with Crippen LogP contribution < -0.4 is 0 Å². The summed E-state index contributed by atoms with van der Waals surface area (Å²) in [5.74, 6) is 0. The van der Waals surface area contributed by atoms with E-state index in [0.29, 0.717) is 12.1 Å². The molecule has 0 saturated carbocycles. The molecule has 0 bridgehead atoms. The lowest BCUT2D eigenvalue weighted by Crippen LogP contribution is -2.29. The molecule has 2 aliphatic heterocycles. The van der Waals surface area contributed by atoms with Crippen LogP contribution in [0.25, 0.3) is 0 Å². The van der Waals surface area contributed by atoms with Crippen molar-refractivity contribution in [1.82, 2.24) is 4.90 Å². The van der Waals surface area contributed by atoms with Crippen LogP contribution in [-0.4, -0.2) is 36.2 Å². The van der Waals surface area contributed by atoms with Gasteiger partial charge < -0.3 is 17.3 Å². The van der Waals surface area contributed by atoms with Crippen molar-refractivity contribution in [1.29, 1.82) is 0 Å². The second-order valence-corrected chi connectivity index (χ2v) is 7.23. The lowest BCUT2D eigenvalue weighted by molar-refractivity contribution is -0.506. The largest absolute Gasteiger partial charge is 0.673 e. The molecule has 0 N–H and O–H groups in total. The first kappa shape index (κ1) is 20.4. The zero-order valence-electron chi connectivity index (χ0n) is 15.7. The fourth-order valence-electron chi connectivity index (χ4n) is 4.07. The smallest absolute Gasteiger partial charge is 0.418 e. The molecule has 150 valence electrons. The van der Waals surface area contributed by atoms with Gasteiger partial charge >= 0.3 is 7.25 Å².